The Labute approximate surface area is 158 Å². The molecule has 6 nitrogen and oxygen atoms in total. The van der Waals surface area contributed by atoms with Crippen LogP contribution >= 0.6 is 23.1 Å². The molecule has 0 aromatic carbocycles. The number of rotatable bonds is 5. The molecule has 8 heteroatoms. The number of thioether (sulfide) groups is 1. The molecular formula is C18H19N3O3S2. The topological polar surface area (TPSA) is 68.3 Å². The molecule has 4 rings (SSSR count). The Hall–Kier alpha value is -2.06. The molecule has 0 aliphatic heterocycles. The van der Waals surface area contributed by atoms with Gasteiger partial charge in [0, 0.05) is 19.0 Å². The van der Waals surface area contributed by atoms with E-state index in [1.807, 2.05) is 6.07 Å². The van der Waals surface area contributed by atoms with Crippen molar-refractivity contribution in [1.29, 1.82) is 0 Å². The molecule has 0 bridgehead atoms. The van der Waals surface area contributed by atoms with Gasteiger partial charge in [0.2, 0.25) is 5.91 Å². The number of carbonyl (C=O) groups excluding carboxylic acids is 1. The maximum absolute atomic E-state index is 12.8. The Morgan fingerprint density at radius 1 is 1.46 bits per heavy atom. The lowest BCUT2D eigenvalue weighted by Gasteiger charge is -2.15. The van der Waals surface area contributed by atoms with Gasteiger partial charge in [-0.1, -0.05) is 11.8 Å². The van der Waals surface area contributed by atoms with E-state index in [1.54, 1.807) is 47.2 Å². The Kier molecular flexibility index (Phi) is 4.62. The highest BCUT2D eigenvalue weighted by molar-refractivity contribution is 7.99. The highest BCUT2D eigenvalue weighted by Crippen LogP contribution is 2.35. The molecule has 3 heterocycles. The number of aromatic nitrogens is 2. The minimum atomic E-state index is -0.0329. The van der Waals surface area contributed by atoms with Gasteiger partial charge in [0.25, 0.3) is 5.56 Å². The van der Waals surface area contributed by atoms with Crippen molar-refractivity contribution >= 4 is 39.2 Å². The first kappa shape index (κ1) is 17.4. The predicted octanol–water partition coefficient (Wildman–Crippen LogP) is 2.83. The van der Waals surface area contributed by atoms with Gasteiger partial charge in [0.05, 0.1) is 23.9 Å². The predicted molar refractivity (Wildman–Crippen MR) is 103 cm³/mol. The molecule has 0 N–H and O–H groups in total. The highest BCUT2D eigenvalue weighted by atomic mass is 32.2. The number of furan rings is 1. The summed E-state index contributed by atoms with van der Waals surface area (Å²) in [5.74, 6) is 0.939. The van der Waals surface area contributed by atoms with Crippen LogP contribution in [0.5, 0.6) is 0 Å². The van der Waals surface area contributed by atoms with Crippen LogP contribution in [0.1, 0.15) is 22.6 Å². The van der Waals surface area contributed by atoms with Gasteiger partial charge < -0.3 is 9.32 Å². The number of thiophene rings is 1. The van der Waals surface area contributed by atoms with Gasteiger partial charge in [-0.05, 0) is 37.0 Å². The fraction of sp³-hybridized carbons (Fsp3) is 0.389. The van der Waals surface area contributed by atoms with Crippen LogP contribution in [0.25, 0.3) is 10.2 Å². The van der Waals surface area contributed by atoms with Gasteiger partial charge in [0.1, 0.15) is 10.6 Å². The Morgan fingerprint density at radius 2 is 2.31 bits per heavy atom. The Bertz CT molecular complexity index is 1020. The maximum Gasteiger partial charge on any atom is 0.262 e. The summed E-state index contributed by atoms with van der Waals surface area (Å²) in [6, 6.07) is 3.64. The van der Waals surface area contributed by atoms with Crippen LogP contribution in [0, 0.1) is 0 Å². The summed E-state index contributed by atoms with van der Waals surface area (Å²) in [5, 5.41) is 1.36. The molecule has 1 aliphatic carbocycles. The van der Waals surface area contributed by atoms with E-state index >= 15 is 0 Å². The largest absolute Gasteiger partial charge is 0.467 e. The summed E-state index contributed by atoms with van der Waals surface area (Å²) < 4.78 is 6.84. The monoisotopic (exact) mass is 389 g/mol. The van der Waals surface area contributed by atoms with E-state index < -0.39 is 0 Å². The third kappa shape index (κ3) is 3.07. The van der Waals surface area contributed by atoms with Crippen LogP contribution in [0.2, 0.25) is 0 Å². The van der Waals surface area contributed by atoms with Gasteiger partial charge in [-0.3, -0.25) is 14.2 Å². The fourth-order valence-corrected chi connectivity index (χ4v) is 5.41. The van der Waals surface area contributed by atoms with Crippen LogP contribution in [-0.2, 0) is 31.2 Å². The zero-order chi connectivity index (χ0) is 18.3. The molecule has 3 aromatic rings. The minimum Gasteiger partial charge on any atom is -0.467 e. The van der Waals surface area contributed by atoms with Crippen LogP contribution in [0.4, 0.5) is 0 Å². The molecule has 0 saturated carbocycles. The SMILES string of the molecule is CN(Cc1ccco1)C(=O)CSc1nc2sc3c(c2c(=O)n1C)CCC3. The Balaban J connectivity index is 1.51. The third-order valence-electron chi connectivity index (χ3n) is 4.63. The van der Waals surface area contributed by atoms with Gasteiger partial charge >= 0.3 is 0 Å². The number of nitrogens with zero attached hydrogens (tertiary/aromatic N) is 3. The zero-order valence-corrected chi connectivity index (χ0v) is 16.3. The second-order valence-electron chi connectivity index (χ2n) is 6.41. The zero-order valence-electron chi connectivity index (χ0n) is 14.7. The van der Waals surface area contributed by atoms with Gasteiger partial charge in [-0.2, -0.15) is 0 Å². The van der Waals surface area contributed by atoms with Crippen molar-refractivity contribution in [3.05, 3.63) is 45.0 Å². The fourth-order valence-electron chi connectivity index (χ4n) is 3.20. The molecule has 26 heavy (non-hydrogen) atoms. The van der Waals surface area contributed by atoms with E-state index in [-0.39, 0.29) is 17.2 Å². The number of fused-ring (bicyclic) bond motifs is 3. The average molecular weight is 390 g/mol. The highest BCUT2D eigenvalue weighted by Gasteiger charge is 2.23. The minimum absolute atomic E-state index is 0.00621. The lowest BCUT2D eigenvalue weighted by atomic mass is 10.2. The van der Waals surface area contributed by atoms with Crippen LogP contribution < -0.4 is 5.56 Å². The number of hydrogen-bond donors (Lipinski definition) is 0. The summed E-state index contributed by atoms with van der Waals surface area (Å²) in [7, 11) is 3.47. The molecule has 0 fully saturated rings. The van der Waals surface area contributed by atoms with E-state index in [2.05, 4.69) is 4.98 Å². The first-order chi connectivity index (χ1) is 12.5. The molecule has 3 aromatic heterocycles. The van der Waals surface area contributed by atoms with E-state index in [4.69, 9.17) is 4.42 Å². The van der Waals surface area contributed by atoms with Crippen molar-refractivity contribution in [2.24, 2.45) is 7.05 Å². The summed E-state index contributed by atoms with van der Waals surface area (Å²) in [6.07, 6.45) is 4.72. The normalized spacial score (nSPS) is 13.3. The third-order valence-corrected chi connectivity index (χ3v) is 6.83. The maximum atomic E-state index is 12.8. The second-order valence-corrected chi connectivity index (χ2v) is 8.44. The van der Waals surface area contributed by atoms with Crippen LogP contribution in [0.15, 0.2) is 32.8 Å². The van der Waals surface area contributed by atoms with Crippen LogP contribution in [-0.4, -0.2) is 33.2 Å². The van der Waals surface area contributed by atoms with Crippen LogP contribution in [0.3, 0.4) is 0 Å². The van der Waals surface area contributed by atoms with Crippen molar-refractivity contribution in [1.82, 2.24) is 14.5 Å². The first-order valence-electron chi connectivity index (χ1n) is 8.45. The summed E-state index contributed by atoms with van der Waals surface area (Å²) in [5.41, 5.74) is 1.18. The second kappa shape index (κ2) is 6.92. The molecule has 0 atom stereocenters. The standard InChI is InChI=1S/C18H19N3O3S2/c1-20(9-11-5-4-8-24-11)14(22)10-25-18-19-16-15(17(23)21(18)2)12-6-3-7-13(12)26-16/h4-5,8H,3,6-7,9-10H2,1-2H3. The van der Waals surface area contributed by atoms with Crippen molar-refractivity contribution in [2.75, 3.05) is 12.8 Å². The van der Waals surface area contributed by atoms with E-state index in [0.29, 0.717) is 11.7 Å². The molecular weight excluding hydrogens is 370 g/mol. The van der Waals surface area contributed by atoms with Crippen molar-refractivity contribution in [3.8, 4) is 0 Å². The Morgan fingerprint density at radius 3 is 3.08 bits per heavy atom. The van der Waals surface area contributed by atoms with Gasteiger partial charge in [0.15, 0.2) is 5.16 Å². The van der Waals surface area contributed by atoms with Crippen molar-refractivity contribution in [2.45, 2.75) is 31.0 Å². The number of carbonyl (C=O) groups is 1. The van der Waals surface area contributed by atoms with Crippen molar-refractivity contribution < 1.29 is 9.21 Å². The summed E-state index contributed by atoms with van der Waals surface area (Å²) in [4.78, 5) is 33.5. The lowest BCUT2D eigenvalue weighted by molar-refractivity contribution is -0.127. The number of amides is 1. The van der Waals surface area contributed by atoms with Crippen molar-refractivity contribution in [3.63, 3.8) is 0 Å². The smallest absolute Gasteiger partial charge is 0.262 e. The molecule has 0 spiro atoms. The molecule has 0 saturated heterocycles. The van der Waals surface area contributed by atoms with E-state index in [9.17, 15) is 9.59 Å². The van der Waals surface area contributed by atoms with Gasteiger partial charge in [-0.15, -0.1) is 11.3 Å². The molecule has 0 unspecified atom stereocenters. The summed E-state index contributed by atoms with van der Waals surface area (Å²) in [6.45, 7) is 0.426. The molecule has 1 aliphatic rings. The van der Waals surface area contributed by atoms with Gasteiger partial charge in [-0.25, -0.2) is 4.98 Å². The average Bonchev–Trinajstić information content (AvgIpc) is 3.33. The molecule has 1 amide bonds. The summed E-state index contributed by atoms with van der Waals surface area (Å²) >= 11 is 2.92. The van der Waals surface area contributed by atoms with E-state index in [1.165, 1.54) is 22.2 Å². The molecule has 0 radical (unpaired) electrons. The van der Waals surface area contributed by atoms with E-state index in [0.717, 1.165) is 35.2 Å². The quantitative estimate of drug-likeness (QED) is 0.496. The lowest BCUT2D eigenvalue weighted by Crippen LogP contribution is -2.28. The number of aryl methyl sites for hydroxylation is 2. The first-order valence-corrected chi connectivity index (χ1v) is 10.2. The number of hydrogen-bond acceptors (Lipinski definition) is 6. The molecule has 136 valence electrons.